The van der Waals surface area contributed by atoms with Gasteiger partial charge in [0.2, 0.25) is 5.91 Å². The molecular weight excluding hydrogens is 278 g/mol. The maximum absolute atomic E-state index is 11.3. The summed E-state index contributed by atoms with van der Waals surface area (Å²) in [7, 11) is 5.39. The summed E-state index contributed by atoms with van der Waals surface area (Å²) in [4.78, 5) is 13.1. The van der Waals surface area contributed by atoms with E-state index >= 15 is 0 Å². The molecule has 3 unspecified atom stereocenters. The number of thioether (sulfide) groups is 1. The minimum Gasteiger partial charge on any atom is -0.393 e. The molecule has 1 aliphatic heterocycles. The average Bonchev–Trinajstić information content (AvgIpc) is 2.41. The Balaban J connectivity index is 2.53. The number of rotatable bonds is 4. The highest BCUT2D eigenvalue weighted by Gasteiger charge is 2.32. The van der Waals surface area contributed by atoms with E-state index in [1.54, 1.807) is 7.05 Å². The van der Waals surface area contributed by atoms with Crippen LogP contribution in [-0.4, -0.2) is 66.6 Å². The van der Waals surface area contributed by atoms with E-state index in [4.69, 9.17) is 4.74 Å². The van der Waals surface area contributed by atoms with E-state index in [0.29, 0.717) is 25.7 Å². The number of hydrogen-bond donors (Lipinski definition) is 2. The van der Waals surface area contributed by atoms with Crippen LogP contribution in [0.5, 0.6) is 0 Å². The smallest absolute Gasteiger partial charge is 0.393 e. The molecule has 0 saturated carbocycles. The van der Waals surface area contributed by atoms with E-state index in [1.807, 2.05) is 19.0 Å². The Morgan fingerprint density at radius 3 is 2.80 bits per heavy atom. The predicted octanol–water partition coefficient (Wildman–Crippen LogP) is -0.203. The van der Waals surface area contributed by atoms with Gasteiger partial charge in [-0.2, -0.15) is 0 Å². The second-order valence-corrected chi connectivity index (χ2v) is 6.10. The van der Waals surface area contributed by atoms with Crippen molar-refractivity contribution in [2.45, 2.75) is 43.3 Å². The van der Waals surface area contributed by atoms with Crippen LogP contribution in [0, 0.1) is 0 Å². The van der Waals surface area contributed by atoms with E-state index < -0.39 is 6.10 Å². The Morgan fingerprint density at radius 2 is 2.25 bits per heavy atom. The first-order valence-corrected chi connectivity index (χ1v) is 7.56. The molecule has 0 aromatic heterocycles. The van der Waals surface area contributed by atoms with Crippen molar-refractivity contribution in [1.82, 2.24) is 14.9 Å². The maximum Gasteiger partial charge on any atom is 0.407 e. The van der Waals surface area contributed by atoms with Gasteiger partial charge in [0.15, 0.2) is 6.72 Å². The number of nitrogens with zero attached hydrogens (tertiary/aromatic N) is 2. The van der Waals surface area contributed by atoms with Gasteiger partial charge in [0.25, 0.3) is 0 Å². The molecule has 3 atom stereocenters. The molecule has 114 valence electrons. The lowest BCUT2D eigenvalue weighted by molar-refractivity contribution is -0.122. The van der Waals surface area contributed by atoms with Crippen molar-refractivity contribution in [3.63, 3.8) is 0 Å². The number of aliphatic hydroxyl groups excluding tert-OH is 1. The van der Waals surface area contributed by atoms with Crippen LogP contribution in [0.2, 0.25) is 0 Å². The summed E-state index contributed by atoms with van der Waals surface area (Å²) in [5.41, 5.74) is -0.156. The Bertz CT molecular complexity index is 383. The fraction of sp³-hybridized carbons (Fsp3) is 0.769. The quantitative estimate of drug-likeness (QED) is 0.427. The summed E-state index contributed by atoms with van der Waals surface area (Å²) in [6, 6.07) is 0. The Hall–Kier alpha value is -1.01. The predicted molar refractivity (Wildman–Crippen MR) is 82.7 cm³/mol. The molecule has 2 N–H and O–H groups in total. The maximum atomic E-state index is 11.3. The van der Waals surface area contributed by atoms with Crippen LogP contribution in [0.25, 0.3) is 0 Å². The van der Waals surface area contributed by atoms with E-state index in [0.717, 1.165) is 5.17 Å². The highest BCUT2D eigenvalue weighted by atomic mass is 32.2. The van der Waals surface area contributed by atoms with Crippen LogP contribution in [0.1, 0.15) is 25.7 Å². The fourth-order valence-electron chi connectivity index (χ4n) is 2.03. The SMILES string of the molecule is C=[N+]=C(SC1CC(O)CC(CCC(=O)NC)O1)N(C)C. The molecule has 0 aromatic rings. The number of aliphatic hydroxyl groups is 1. The van der Waals surface area contributed by atoms with Gasteiger partial charge in [-0.15, -0.1) is 0 Å². The molecule has 0 radical (unpaired) electrons. The highest BCUT2D eigenvalue weighted by molar-refractivity contribution is 8.14. The van der Waals surface area contributed by atoms with Crippen molar-refractivity contribution < 1.29 is 14.6 Å². The zero-order chi connectivity index (χ0) is 15.1. The van der Waals surface area contributed by atoms with Crippen molar-refractivity contribution in [3.8, 4) is 0 Å². The standard InChI is InChI=1S/C13H23N3O3S/c1-14-11(18)6-5-10-7-9(17)8-12(19-10)20-13(15-2)16(3)4/h9-10,12,17H,2,5-8H2,1,3-4H3/p+1. The largest absolute Gasteiger partial charge is 0.407 e. The molecule has 1 saturated heterocycles. The Morgan fingerprint density at radius 1 is 1.55 bits per heavy atom. The third-order valence-corrected chi connectivity index (χ3v) is 4.34. The minimum absolute atomic E-state index is 0.00818. The van der Waals surface area contributed by atoms with Gasteiger partial charge in [-0.3, -0.25) is 4.79 Å². The molecule has 1 heterocycles. The molecule has 0 aliphatic carbocycles. The number of carbonyl (C=O) groups excluding carboxylic acids is 1. The number of nitrogens with one attached hydrogen (secondary N) is 1. The summed E-state index contributed by atoms with van der Waals surface area (Å²) < 4.78 is 9.87. The number of amidine groups is 1. The number of amides is 1. The number of ether oxygens (including phenoxy) is 1. The average molecular weight is 302 g/mol. The van der Waals surface area contributed by atoms with Crippen molar-refractivity contribution in [2.75, 3.05) is 21.1 Å². The normalized spacial score (nSPS) is 25.7. The van der Waals surface area contributed by atoms with Crippen LogP contribution in [0.4, 0.5) is 0 Å². The Labute approximate surface area is 124 Å². The third kappa shape index (κ3) is 5.54. The topological polar surface area (TPSA) is 75.9 Å². The molecule has 0 spiro atoms. The first-order valence-electron chi connectivity index (χ1n) is 6.68. The zero-order valence-electron chi connectivity index (χ0n) is 12.3. The second-order valence-electron chi connectivity index (χ2n) is 4.98. The Kier molecular flexibility index (Phi) is 7.09. The van der Waals surface area contributed by atoms with Crippen LogP contribution in [0.3, 0.4) is 0 Å². The third-order valence-electron chi connectivity index (χ3n) is 3.07. The van der Waals surface area contributed by atoms with E-state index in [1.165, 1.54) is 11.8 Å². The monoisotopic (exact) mass is 302 g/mol. The molecule has 1 aliphatic rings. The van der Waals surface area contributed by atoms with Crippen molar-refractivity contribution in [2.24, 2.45) is 0 Å². The minimum atomic E-state index is -0.399. The summed E-state index contributed by atoms with van der Waals surface area (Å²) >= 11 is 1.45. The van der Waals surface area contributed by atoms with Gasteiger partial charge in [-0.25, -0.2) is 9.57 Å². The van der Waals surface area contributed by atoms with E-state index in [2.05, 4.69) is 16.7 Å². The van der Waals surface area contributed by atoms with Crippen molar-refractivity contribution in [3.05, 3.63) is 0 Å². The second kappa shape index (κ2) is 8.32. The molecule has 20 heavy (non-hydrogen) atoms. The fourth-order valence-corrected chi connectivity index (χ4v) is 3.08. The van der Waals surface area contributed by atoms with Gasteiger partial charge in [0.05, 0.1) is 26.3 Å². The summed E-state index contributed by atoms with van der Waals surface area (Å²) in [5, 5.41) is 13.3. The van der Waals surface area contributed by atoms with Gasteiger partial charge >= 0.3 is 5.17 Å². The molecular formula is C13H24N3O3S+. The summed E-state index contributed by atoms with van der Waals surface area (Å²) in [5.74, 6) is -0.00818. The van der Waals surface area contributed by atoms with Crippen LogP contribution < -0.4 is 9.98 Å². The molecule has 1 rings (SSSR count). The van der Waals surface area contributed by atoms with Gasteiger partial charge in [0.1, 0.15) is 5.44 Å². The first-order chi connectivity index (χ1) is 9.46. The molecule has 1 fully saturated rings. The number of hydrogen-bond acceptors (Lipinski definition) is 4. The first kappa shape index (κ1) is 17.0. The van der Waals surface area contributed by atoms with Gasteiger partial charge in [-0.05, 0) is 12.8 Å². The van der Waals surface area contributed by atoms with Crippen LogP contribution in [-0.2, 0) is 9.53 Å². The molecule has 0 aromatic carbocycles. The lowest BCUT2D eigenvalue weighted by Crippen LogP contribution is -2.36. The van der Waals surface area contributed by atoms with Crippen LogP contribution in [0.15, 0.2) is 0 Å². The summed E-state index contributed by atoms with van der Waals surface area (Å²) in [6.45, 7) is 3.54. The van der Waals surface area contributed by atoms with Gasteiger partial charge in [0, 0.05) is 31.7 Å². The molecule has 7 heteroatoms. The highest BCUT2D eigenvalue weighted by Crippen LogP contribution is 2.30. The zero-order valence-corrected chi connectivity index (χ0v) is 13.2. The lowest BCUT2D eigenvalue weighted by Gasteiger charge is -2.32. The summed E-state index contributed by atoms with van der Waals surface area (Å²) in [6.07, 6.45) is 1.67. The lowest BCUT2D eigenvalue weighted by atomic mass is 10.0. The molecule has 0 bridgehead atoms. The van der Waals surface area contributed by atoms with E-state index in [9.17, 15) is 9.90 Å². The van der Waals surface area contributed by atoms with Gasteiger partial charge in [-0.1, -0.05) is 0 Å². The van der Waals surface area contributed by atoms with E-state index in [-0.39, 0.29) is 17.4 Å². The number of carbonyl (C=O) groups is 1. The van der Waals surface area contributed by atoms with Crippen LogP contribution >= 0.6 is 11.8 Å². The van der Waals surface area contributed by atoms with Gasteiger partial charge < -0.3 is 15.2 Å². The van der Waals surface area contributed by atoms with Crippen molar-refractivity contribution in [1.29, 1.82) is 0 Å². The molecule has 6 nitrogen and oxygen atoms in total. The van der Waals surface area contributed by atoms with Crippen molar-refractivity contribution >= 4 is 29.6 Å². The molecule has 1 amide bonds.